The van der Waals surface area contributed by atoms with Crippen LogP contribution in [-0.4, -0.2) is 30.1 Å². The standard InChI is InChI=1S/C20H27NO2S/c1-4-6-11-18(24-19-12-8-7-9-13-19)14-10-15-21-17(3)16-20(22)23-5-2/h7-9,12-13,15,17-18H,4-6,11,16H2,1-3H3. The van der Waals surface area contributed by atoms with Gasteiger partial charge in [-0.25, -0.2) is 0 Å². The minimum absolute atomic E-state index is 0.103. The number of benzene rings is 1. The summed E-state index contributed by atoms with van der Waals surface area (Å²) >= 11 is 1.80. The van der Waals surface area contributed by atoms with Gasteiger partial charge >= 0.3 is 5.97 Å². The quantitative estimate of drug-likeness (QED) is 0.280. The average molecular weight is 346 g/mol. The Hall–Kier alpha value is -1.73. The Morgan fingerprint density at radius 2 is 2.08 bits per heavy atom. The molecule has 1 aromatic rings. The molecule has 3 nitrogen and oxygen atoms in total. The second-order valence-corrected chi connectivity index (χ2v) is 6.76. The van der Waals surface area contributed by atoms with Crippen molar-refractivity contribution < 1.29 is 9.53 Å². The van der Waals surface area contributed by atoms with E-state index < -0.39 is 0 Å². The second kappa shape index (κ2) is 12.7. The van der Waals surface area contributed by atoms with Crippen molar-refractivity contribution in [3.8, 4) is 11.8 Å². The number of hydrogen-bond acceptors (Lipinski definition) is 4. The first-order chi connectivity index (χ1) is 11.7. The number of carbonyl (C=O) groups excluding carboxylic acids is 1. The van der Waals surface area contributed by atoms with Gasteiger partial charge in [-0.3, -0.25) is 9.79 Å². The summed E-state index contributed by atoms with van der Waals surface area (Å²) in [5, 5.41) is 0.263. The van der Waals surface area contributed by atoms with Crippen molar-refractivity contribution in [3.05, 3.63) is 30.3 Å². The van der Waals surface area contributed by atoms with Crippen molar-refractivity contribution >= 4 is 23.9 Å². The van der Waals surface area contributed by atoms with E-state index in [0.29, 0.717) is 13.0 Å². The highest BCUT2D eigenvalue weighted by atomic mass is 32.2. The van der Waals surface area contributed by atoms with Gasteiger partial charge in [0.05, 0.1) is 30.5 Å². The van der Waals surface area contributed by atoms with Crippen molar-refractivity contribution in [1.82, 2.24) is 0 Å². The molecule has 0 radical (unpaired) electrons. The van der Waals surface area contributed by atoms with E-state index >= 15 is 0 Å². The maximum atomic E-state index is 11.4. The molecular weight excluding hydrogens is 318 g/mol. The summed E-state index contributed by atoms with van der Waals surface area (Å²) in [7, 11) is 0. The van der Waals surface area contributed by atoms with Gasteiger partial charge in [-0.15, -0.1) is 11.8 Å². The number of carbonyl (C=O) groups is 1. The number of ether oxygens (including phenoxy) is 1. The normalized spacial score (nSPS) is 13.1. The molecule has 0 heterocycles. The third-order valence-electron chi connectivity index (χ3n) is 3.25. The third kappa shape index (κ3) is 9.42. The number of unbranched alkanes of at least 4 members (excludes halogenated alkanes) is 1. The van der Waals surface area contributed by atoms with E-state index in [9.17, 15) is 4.79 Å². The van der Waals surface area contributed by atoms with E-state index in [1.165, 1.54) is 4.90 Å². The van der Waals surface area contributed by atoms with E-state index in [1.54, 1.807) is 24.9 Å². The maximum absolute atomic E-state index is 11.4. The van der Waals surface area contributed by atoms with Crippen molar-refractivity contribution in [1.29, 1.82) is 0 Å². The average Bonchev–Trinajstić information content (AvgIpc) is 2.57. The minimum Gasteiger partial charge on any atom is -0.466 e. The van der Waals surface area contributed by atoms with Gasteiger partial charge in [0.15, 0.2) is 0 Å². The Balaban J connectivity index is 2.55. The molecule has 2 unspecified atom stereocenters. The maximum Gasteiger partial charge on any atom is 0.307 e. The number of nitrogens with zero attached hydrogens (tertiary/aromatic N) is 1. The lowest BCUT2D eigenvalue weighted by atomic mass is 10.2. The lowest BCUT2D eigenvalue weighted by Gasteiger charge is -2.09. The van der Waals surface area contributed by atoms with Crippen molar-refractivity contribution in [2.24, 2.45) is 4.99 Å². The summed E-state index contributed by atoms with van der Waals surface area (Å²) in [6.07, 6.45) is 5.31. The number of esters is 1. The smallest absolute Gasteiger partial charge is 0.307 e. The van der Waals surface area contributed by atoms with Crippen LogP contribution >= 0.6 is 11.8 Å². The lowest BCUT2D eigenvalue weighted by molar-refractivity contribution is -0.143. The van der Waals surface area contributed by atoms with Gasteiger partial charge in [-0.05, 0) is 32.4 Å². The minimum atomic E-state index is -0.212. The van der Waals surface area contributed by atoms with E-state index in [0.717, 1.165) is 19.3 Å². The zero-order valence-corrected chi connectivity index (χ0v) is 15.6. The van der Waals surface area contributed by atoms with Crippen LogP contribution < -0.4 is 0 Å². The fraction of sp³-hybridized carbons (Fsp3) is 0.500. The van der Waals surface area contributed by atoms with Crippen LogP contribution in [-0.2, 0) is 9.53 Å². The molecule has 2 atom stereocenters. The van der Waals surface area contributed by atoms with Crippen LogP contribution in [0.4, 0.5) is 0 Å². The first kappa shape index (κ1) is 20.3. The van der Waals surface area contributed by atoms with Gasteiger partial charge in [0.25, 0.3) is 0 Å². The number of thioether (sulfide) groups is 1. The van der Waals surface area contributed by atoms with Crippen LogP contribution in [0.5, 0.6) is 0 Å². The van der Waals surface area contributed by atoms with E-state index in [4.69, 9.17) is 4.74 Å². The summed E-state index contributed by atoms with van der Waals surface area (Å²) in [6, 6.07) is 10.2. The predicted molar refractivity (Wildman–Crippen MR) is 103 cm³/mol. The lowest BCUT2D eigenvalue weighted by Crippen LogP contribution is -2.11. The van der Waals surface area contributed by atoms with Gasteiger partial charge in [-0.2, -0.15) is 0 Å². The third-order valence-corrected chi connectivity index (χ3v) is 4.43. The van der Waals surface area contributed by atoms with Gasteiger partial charge in [0.2, 0.25) is 0 Å². The van der Waals surface area contributed by atoms with Crippen molar-refractivity contribution in [3.63, 3.8) is 0 Å². The first-order valence-electron chi connectivity index (χ1n) is 8.55. The highest BCUT2D eigenvalue weighted by molar-refractivity contribution is 8.00. The monoisotopic (exact) mass is 345 g/mol. The zero-order valence-electron chi connectivity index (χ0n) is 14.8. The Kier molecular flexibility index (Phi) is 10.7. The fourth-order valence-corrected chi connectivity index (χ4v) is 3.08. The number of rotatable bonds is 9. The second-order valence-electron chi connectivity index (χ2n) is 5.49. The van der Waals surface area contributed by atoms with E-state index in [2.05, 4.69) is 35.9 Å². The van der Waals surface area contributed by atoms with Gasteiger partial charge in [-0.1, -0.05) is 49.8 Å². The van der Waals surface area contributed by atoms with Crippen LogP contribution in [0.1, 0.15) is 46.5 Å². The van der Waals surface area contributed by atoms with Crippen LogP contribution in [0, 0.1) is 11.8 Å². The van der Waals surface area contributed by atoms with Gasteiger partial charge in [0.1, 0.15) is 0 Å². The van der Waals surface area contributed by atoms with Gasteiger partial charge in [0, 0.05) is 4.90 Å². The van der Waals surface area contributed by atoms with Crippen LogP contribution in [0.25, 0.3) is 0 Å². The van der Waals surface area contributed by atoms with Crippen molar-refractivity contribution in [2.45, 2.75) is 62.6 Å². The molecule has 0 saturated carbocycles. The van der Waals surface area contributed by atoms with Crippen LogP contribution in [0.3, 0.4) is 0 Å². The molecule has 0 N–H and O–H groups in total. The predicted octanol–water partition coefficient (Wildman–Crippen LogP) is 4.75. The molecule has 0 amide bonds. The summed E-state index contributed by atoms with van der Waals surface area (Å²) < 4.78 is 4.92. The SMILES string of the molecule is CCCCC(C#CC=NC(C)CC(=O)OCC)Sc1ccccc1. The Bertz CT molecular complexity index is 560. The Morgan fingerprint density at radius 3 is 2.75 bits per heavy atom. The molecule has 0 aliphatic heterocycles. The van der Waals surface area contributed by atoms with Crippen molar-refractivity contribution in [2.75, 3.05) is 6.61 Å². The number of aliphatic imine (C=N–C) groups is 1. The highest BCUT2D eigenvalue weighted by Gasteiger charge is 2.08. The molecular formula is C20H27NO2S. The Labute approximate surface area is 150 Å². The zero-order chi connectivity index (χ0) is 17.6. The molecule has 0 aliphatic rings. The molecule has 0 bridgehead atoms. The highest BCUT2D eigenvalue weighted by Crippen LogP contribution is 2.25. The summed E-state index contributed by atoms with van der Waals surface area (Å²) in [4.78, 5) is 16.9. The molecule has 0 aromatic heterocycles. The van der Waals surface area contributed by atoms with E-state index in [-0.39, 0.29) is 17.3 Å². The molecule has 0 fully saturated rings. The summed E-state index contributed by atoms with van der Waals surface area (Å²) in [6.45, 7) is 6.29. The molecule has 24 heavy (non-hydrogen) atoms. The molecule has 1 aromatic carbocycles. The molecule has 1 rings (SSSR count). The van der Waals surface area contributed by atoms with E-state index in [1.807, 2.05) is 25.1 Å². The van der Waals surface area contributed by atoms with Crippen LogP contribution in [0.15, 0.2) is 40.2 Å². The molecule has 0 saturated heterocycles. The Morgan fingerprint density at radius 1 is 1.33 bits per heavy atom. The first-order valence-corrected chi connectivity index (χ1v) is 9.43. The fourth-order valence-electron chi connectivity index (χ4n) is 2.02. The topological polar surface area (TPSA) is 38.7 Å². The van der Waals surface area contributed by atoms with Crippen LogP contribution in [0.2, 0.25) is 0 Å². The molecule has 4 heteroatoms. The molecule has 0 spiro atoms. The summed E-state index contributed by atoms with van der Waals surface area (Å²) in [5.41, 5.74) is 0. The van der Waals surface area contributed by atoms with Gasteiger partial charge < -0.3 is 4.74 Å². The molecule has 0 aliphatic carbocycles. The number of hydrogen-bond donors (Lipinski definition) is 0. The molecule has 130 valence electrons. The summed E-state index contributed by atoms with van der Waals surface area (Å²) in [5.74, 6) is 6.11. The largest absolute Gasteiger partial charge is 0.466 e.